The van der Waals surface area contributed by atoms with Crippen molar-refractivity contribution in [3.63, 3.8) is 0 Å². The molecule has 2 aromatic heterocycles. The lowest BCUT2D eigenvalue weighted by molar-refractivity contribution is 0.0747. The van der Waals surface area contributed by atoms with Gasteiger partial charge < -0.3 is 9.80 Å². The van der Waals surface area contributed by atoms with E-state index in [1.54, 1.807) is 0 Å². The second-order valence-corrected chi connectivity index (χ2v) is 9.91. The van der Waals surface area contributed by atoms with Crippen LogP contribution in [0.15, 0.2) is 42.5 Å². The van der Waals surface area contributed by atoms with Crippen LogP contribution in [-0.4, -0.2) is 47.0 Å². The highest BCUT2D eigenvalue weighted by molar-refractivity contribution is 6.31. The van der Waals surface area contributed by atoms with Gasteiger partial charge in [0.25, 0.3) is 5.91 Å². The molecule has 4 aromatic rings. The van der Waals surface area contributed by atoms with E-state index in [2.05, 4.69) is 43.0 Å². The van der Waals surface area contributed by atoms with Crippen molar-refractivity contribution >= 4 is 45.1 Å². The lowest BCUT2D eigenvalue weighted by atomic mass is 9.99. The fourth-order valence-corrected chi connectivity index (χ4v) is 5.65. The Hall–Kier alpha value is -3.18. The summed E-state index contributed by atoms with van der Waals surface area (Å²) in [5.74, 6) is 1.10. The van der Waals surface area contributed by atoms with Crippen LogP contribution in [0.5, 0.6) is 0 Å². The summed E-state index contributed by atoms with van der Waals surface area (Å²) in [5, 5.41) is 2.72. The third kappa shape index (κ3) is 3.50. The van der Waals surface area contributed by atoms with Gasteiger partial charge in [-0.3, -0.25) is 9.78 Å². The standard InChI is InChI=1S/C28H27ClN4O/c1-17-5-3-6-20-18(2)15-25(31-27(17)20)32-11-13-33(14-12-32)28(34)26-21-7-4-8-23(21)30-24-10-9-19(29)16-22(24)26/h3,5-6,9-10,15-16H,4,7-8,11-14H2,1-2H3. The molecule has 34 heavy (non-hydrogen) atoms. The molecule has 0 atom stereocenters. The topological polar surface area (TPSA) is 49.3 Å². The number of benzene rings is 2. The molecule has 6 rings (SSSR count). The number of carbonyl (C=O) groups excluding carboxylic acids is 1. The summed E-state index contributed by atoms with van der Waals surface area (Å²) < 4.78 is 0. The molecule has 0 unspecified atom stereocenters. The number of piperazine rings is 1. The number of rotatable bonds is 2. The Kier molecular flexibility index (Phi) is 5.18. The Balaban J connectivity index is 1.29. The summed E-state index contributed by atoms with van der Waals surface area (Å²) in [6.45, 7) is 7.13. The predicted octanol–water partition coefficient (Wildman–Crippen LogP) is 5.50. The van der Waals surface area contributed by atoms with Gasteiger partial charge in [-0.25, -0.2) is 4.98 Å². The molecular weight excluding hydrogens is 444 g/mol. The van der Waals surface area contributed by atoms with Gasteiger partial charge in [0.2, 0.25) is 0 Å². The molecule has 3 heterocycles. The molecule has 1 aliphatic carbocycles. The zero-order chi connectivity index (χ0) is 23.4. The average molecular weight is 471 g/mol. The molecular formula is C28H27ClN4O. The highest BCUT2D eigenvalue weighted by Crippen LogP contribution is 2.33. The highest BCUT2D eigenvalue weighted by Gasteiger charge is 2.29. The van der Waals surface area contributed by atoms with E-state index in [9.17, 15) is 4.79 Å². The Labute approximate surface area is 204 Å². The van der Waals surface area contributed by atoms with Crippen LogP contribution in [0.2, 0.25) is 5.02 Å². The van der Waals surface area contributed by atoms with Gasteiger partial charge in [-0.15, -0.1) is 0 Å². The molecule has 0 bridgehead atoms. The van der Waals surface area contributed by atoms with Crippen molar-refractivity contribution in [3.8, 4) is 0 Å². The van der Waals surface area contributed by atoms with Crippen LogP contribution in [0.3, 0.4) is 0 Å². The number of fused-ring (bicyclic) bond motifs is 3. The van der Waals surface area contributed by atoms with E-state index in [0.717, 1.165) is 71.4 Å². The van der Waals surface area contributed by atoms with Crippen molar-refractivity contribution in [3.05, 3.63) is 75.4 Å². The summed E-state index contributed by atoms with van der Waals surface area (Å²) in [4.78, 5) is 27.9. The van der Waals surface area contributed by atoms with Gasteiger partial charge in [0, 0.05) is 47.7 Å². The van der Waals surface area contributed by atoms with Gasteiger partial charge in [0.15, 0.2) is 0 Å². The number of para-hydroxylation sites is 1. The summed E-state index contributed by atoms with van der Waals surface area (Å²) in [6, 6.07) is 14.2. The summed E-state index contributed by atoms with van der Waals surface area (Å²) in [5.41, 5.74) is 7.34. The van der Waals surface area contributed by atoms with Crippen LogP contribution < -0.4 is 4.90 Å². The summed E-state index contributed by atoms with van der Waals surface area (Å²) in [6.07, 6.45) is 2.90. The maximum absolute atomic E-state index is 13.8. The fourth-order valence-electron chi connectivity index (χ4n) is 5.48. The van der Waals surface area contributed by atoms with Crippen LogP contribution in [0.1, 0.15) is 39.2 Å². The minimum atomic E-state index is 0.103. The molecule has 0 spiro atoms. The molecule has 1 aliphatic heterocycles. The van der Waals surface area contributed by atoms with E-state index >= 15 is 0 Å². The van der Waals surface area contributed by atoms with Crippen molar-refractivity contribution in [1.29, 1.82) is 0 Å². The maximum atomic E-state index is 13.8. The molecule has 0 saturated carbocycles. The molecule has 1 saturated heterocycles. The van der Waals surface area contributed by atoms with Crippen LogP contribution in [-0.2, 0) is 12.8 Å². The normalized spacial score (nSPS) is 15.9. The number of nitrogens with zero attached hydrogens (tertiary/aromatic N) is 4. The molecule has 2 aromatic carbocycles. The number of aryl methyl sites for hydroxylation is 3. The van der Waals surface area contributed by atoms with Gasteiger partial charge >= 0.3 is 0 Å². The van der Waals surface area contributed by atoms with Crippen LogP contribution in [0.4, 0.5) is 5.82 Å². The van der Waals surface area contributed by atoms with Crippen molar-refractivity contribution in [2.45, 2.75) is 33.1 Å². The van der Waals surface area contributed by atoms with Crippen LogP contribution in [0, 0.1) is 13.8 Å². The zero-order valence-corrected chi connectivity index (χ0v) is 20.3. The molecule has 6 heteroatoms. The number of anilines is 1. The smallest absolute Gasteiger partial charge is 0.255 e. The molecule has 5 nitrogen and oxygen atoms in total. The minimum Gasteiger partial charge on any atom is -0.353 e. The lowest BCUT2D eigenvalue weighted by Gasteiger charge is -2.36. The summed E-state index contributed by atoms with van der Waals surface area (Å²) in [7, 11) is 0. The third-order valence-corrected chi connectivity index (χ3v) is 7.55. The van der Waals surface area contributed by atoms with Crippen molar-refractivity contribution in [2.75, 3.05) is 31.1 Å². The lowest BCUT2D eigenvalue weighted by Crippen LogP contribution is -2.49. The maximum Gasteiger partial charge on any atom is 0.255 e. The second-order valence-electron chi connectivity index (χ2n) is 9.47. The molecule has 1 amide bonds. The van der Waals surface area contributed by atoms with E-state index in [1.165, 1.54) is 16.5 Å². The van der Waals surface area contributed by atoms with E-state index in [4.69, 9.17) is 21.6 Å². The van der Waals surface area contributed by atoms with Crippen molar-refractivity contribution in [1.82, 2.24) is 14.9 Å². The number of hydrogen-bond donors (Lipinski definition) is 0. The van der Waals surface area contributed by atoms with Crippen molar-refractivity contribution in [2.24, 2.45) is 0 Å². The second kappa shape index (κ2) is 8.24. The van der Waals surface area contributed by atoms with Crippen LogP contribution in [0.25, 0.3) is 21.8 Å². The Morgan fingerprint density at radius 2 is 1.74 bits per heavy atom. The monoisotopic (exact) mass is 470 g/mol. The van der Waals surface area contributed by atoms with E-state index in [0.29, 0.717) is 18.1 Å². The molecule has 0 N–H and O–H groups in total. The zero-order valence-electron chi connectivity index (χ0n) is 19.6. The van der Waals surface area contributed by atoms with Gasteiger partial charge in [-0.05, 0) is 74.1 Å². The number of carbonyl (C=O) groups is 1. The Bertz CT molecular complexity index is 1460. The Morgan fingerprint density at radius 3 is 2.56 bits per heavy atom. The molecule has 2 aliphatic rings. The number of halogens is 1. The number of amides is 1. The summed E-state index contributed by atoms with van der Waals surface area (Å²) >= 11 is 6.32. The van der Waals surface area contributed by atoms with Gasteiger partial charge in [0.1, 0.15) is 5.82 Å². The molecule has 0 radical (unpaired) electrons. The largest absolute Gasteiger partial charge is 0.353 e. The van der Waals surface area contributed by atoms with Crippen molar-refractivity contribution < 1.29 is 4.79 Å². The quantitative estimate of drug-likeness (QED) is 0.388. The average Bonchev–Trinajstić information content (AvgIpc) is 3.31. The SMILES string of the molecule is Cc1cc(N2CCN(C(=O)c3c4c(nc5ccc(Cl)cc35)CCC4)CC2)nc2c(C)cccc12. The van der Waals surface area contributed by atoms with E-state index in [1.807, 2.05) is 23.1 Å². The first-order valence-electron chi connectivity index (χ1n) is 12.0. The highest BCUT2D eigenvalue weighted by atomic mass is 35.5. The third-order valence-electron chi connectivity index (χ3n) is 7.31. The Morgan fingerprint density at radius 1 is 0.912 bits per heavy atom. The van der Waals surface area contributed by atoms with Gasteiger partial charge in [-0.2, -0.15) is 0 Å². The van der Waals surface area contributed by atoms with Gasteiger partial charge in [-0.1, -0.05) is 29.8 Å². The molecule has 1 fully saturated rings. The van der Waals surface area contributed by atoms with E-state index < -0.39 is 0 Å². The van der Waals surface area contributed by atoms with Gasteiger partial charge in [0.05, 0.1) is 16.6 Å². The number of aromatic nitrogens is 2. The fraction of sp³-hybridized carbons (Fsp3) is 0.321. The first-order valence-corrected chi connectivity index (χ1v) is 12.4. The first kappa shape index (κ1) is 21.4. The number of pyridine rings is 2. The molecule has 172 valence electrons. The number of hydrogen-bond acceptors (Lipinski definition) is 4. The van der Waals surface area contributed by atoms with E-state index in [-0.39, 0.29) is 5.91 Å². The van der Waals surface area contributed by atoms with Crippen LogP contribution >= 0.6 is 11.6 Å². The first-order chi connectivity index (χ1) is 16.5. The predicted molar refractivity (Wildman–Crippen MR) is 138 cm³/mol. The minimum absolute atomic E-state index is 0.103.